The van der Waals surface area contributed by atoms with Crippen molar-refractivity contribution in [2.45, 2.75) is 32.7 Å². The van der Waals surface area contributed by atoms with Gasteiger partial charge in [0.1, 0.15) is 0 Å². The van der Waals surface area contributed by atoms with Crippen molar-refractivity contribution in [2.75, 3.05) is 12.3 Å². The molecular formula is C17H21NO4S. The van der Waals surface area contributed by atoms with Crippen molar-refractivity contribution in [1.29, 1.82) is 0 Å². The van der Waals surface area contributed by atoms with Crippen LogP contribution >= 0.6 is 11.8 Å². The van der Waals surface area contributed by atoms with E-state index >= 15 is 0 Å². The van der Waals surface area contributed by atoms with E-state index in [0.717, 1.165) is 11.1 Å². The fourth-order valence-electron chi connectivity index (χ4n) is 2.91. The SMILES string of the molecule is CC(=O)SCC1CC(=O)N(C(CC(=O)O)c2cccc(C)c2)C1. The highest BCUT2D eigenvalue weighted by atomic mass is 32.2. The monoisotopic (exact) mass is 335 g/mol. The second-order valence-electron chi connectivity index (χ2n) is 5.95. The summed E-state index contributed by atoms with van der Waals surface area (Å²) in [5, 5.41) is 9.26. The Morgan fingerprint density at radius 3 is 2.78 bits per heavy atom. The lowest BCUT2D eigenvalue weighted by Crippen LogP contribution is -2.32. The minimum Gasteiger partial charge on any atom is -0.481 e. The molecule has 6 heteroatoms. The van der Waals surface area contributed by atoms with Crippen LogP contribution in [0.1, 0.15) is 36.9 Å². The van der Waals surface area contributed by atoms with Crippen LogP contribution in [0.2, 0.25) is 0 Å². The first-order chi connectivity index (χ1) is 10.9. The zero-order valence-corrected chi connectivity index (χ0v) is 14.1. The molecule has 124 valence electrons. The number of rotatable bonds is 6. The number of carbonyl (C=O) groups is 3. The third kappa shape index (κ3) is 4.82. The van der Waals surface area contributed by atoms with Crippen LogP contribution in [0.15, 0.2) is 24.3 Å². The minimum atomic E-state index is -0.925. The Hall–Kier alpha value is -1.82. The first kappa shape index (κ1) is 17.5. The summed E-state index contributed by atoms with van der Waals surface area (Å²) in [6.07, 6.45) is 0.268. The number of carboxylic acids is 1. The summed E-state index contributed by atoms with van der Waals surface area (Å²) < 4.78 is 0. The molecule has 2 unspecified atom stereocenters. The van der Waals surface area contributed by atoms with Crippen LogP contribution in [-0.2, 0) is 14.4 Å². The van der Waals surface area contributed by atoms with Gasteiger partial charge in [-0.25, -0.2) is 0 Å². The van der Waals surface area contributed by atoms with E-state index in [4.69, 9.17) is 0 Å². The Morgan fingerprint density at radius 2 is 2.17 bits per heavy atom. The second-order valence-corrected chi connectivity index (χ2v) is 7.14. The largest absolute Gasteiger partial charge is 0.481 e. The highest BCUT2D eigenvalue weighted by Crippen LogP contribution is 2.32. The van der Waals surface area contributed by atoms with Gasteiger partial charge in [0.05, 0.1) is 12.5 Å². The van der Waals surface area contributed by atoms with Gasteiger partial charge in [-0.15, -0.1) is 0 Å². The summed E-state index contributed by atoms with van der Waals surface area (Å²) >= 11 is 1.22. The van der Waals surface area contributed by atoms with Gasteiger partial charge in [-0.05, 0) is 18.4 Å². The maximum Gasteiger partial charge on any atom is 0.305 e. The molecule has 23 heavy (non-hydrogen) atoms. The van der Waals surface area contributed by atoms with Crippen LogP contribution in [0.25, 0.3) is 0 Å². The van der Waals surface area contributed by atoms with Crippen LogP contribution < -0.4 is 0 Å². The number of likely N-dealkylation sites (tertiary alicyclic amines) is 1. The summed E-state index contributed by atoms with van der Waals surface area (Å²) in [5.41, 5.74) is 1.88. The molecule has 1 aliphatic heterocycles. The predicted molar refractivity (Wildman–Crippen MR) is 89.1 cm³/mol. The lowest BCUT2D eigenvalue weighted by Gasteiger charge is -2.28. The van der Waals surface area contributed by atoms with E-state index in [1.165, 1.54) is 18.7 Å². The normalized spacial score (nSPS) is 19.0. The van der Waals surface area contributed by atoms with E-state index < -0.39 is 12.0 Å². The summed E-state index contributed by atoms with van der Waals surface area (Å²) in [6, 6.07) is 7.17. The topological polar surface area (TPSA) is 74.7 Å². The molecule has 1 heterocycles. The number of aryl methyl sites for hydroxylation is 1. The van der Waals surface area contributed by atoms with Crippen molar-refractivity contribution in [2.24, 2.45) is 5.92 Å². The third-order valence-electron chi connectivity index (χ3n) is 3.93. The Labute approximate surface area is 140 Å². The molecular weight excluding hydrogens is 314 g/mol. The third-order valence-corrected chi connectivity index (χ3v) is 4.98. The highest BCUT2D eigenvalue weighted by molar-refractivity contribution is 8.13. The molecule has 0 radical (unpaired) electrons. The Bertz CT molecular complexity index is 616. The first-order valence-electron chi connectivity index (χ1n) is 7.58. The van der Waals surface area contributed by atoms with Crippen molar-refractivity contribution in [1.82, 2.24) is 4.90 Å². The van der Waals surface area contributed by atoms with Crippen LogP contribution in [-0.4, -0.2) is 39.3 Å². The van der Waals surface area contributed by atoms with Crippen LogP contribution in [0.4, 0.5) is 0 Å². The van der Waals surface area contributed by atoms with E-state index in [1.54, 1.807) is 4.90 Å². The smallest absolute Gasteiger partial charge is 0.305 e. The molecule has 0 saturated carbocycles. The maximum atomic E-state index is 12.3. The van der Waals surface area contributed by atoms with Crippen LogP contribution in [0.3, 0.4) is 0 Å². The summed E-state index contributed by atoms with van der Waals surface area (Å²) in [6.45, 7) is 3.96. The number of hydrogen-bond acceptors (Lipinski definition) is 4. The Balaban J connectivity index is 2.17. The average Bonchev–Trinajstić information content (AvgIpc) is 2.83. The standard InChI is InChI=1S/C17H21NO4S/c1-11-4-3-5-14(6-11)15(8-17(21)22)18-9-13(7-16(18)20)10-23-12(2)19/h3-6,13,15H,7-10H2,1-2H3,(H,21,22). The van der Waals surface area contributed by atoms with Gasteiger partial charge in [0.2, 0.25) is 5.91 Å². The molecule has 0 aromatic heterocycles. The molecule has 0 aliphatic carbocycles. The lowest BCUT2D eigenvalue weighted by atomic mass is 10.0. The van der Waals surface area contributed by atoms with Crippen LogP contribution in [0, 0.1) is 12.8 Å². The molecule has 1 aromatic rings. The van der Waals surface area contributed by atoms with E-state index in [-0.39, 0.29) is 23.4 Å². The first-order valence-corrected chi connectivity index (χ1v) is 8.56. The van der Waals surface area contributed by atoms with Crippen molar-refractivity contribution in [3.63, 3.8) is 0 Å². The summed E-state index contributed by atoms with van der Waals surface area (Å²) in [5.74, 6) is -0.263. The fourth-order valence-corrected chi connectivity index (χ4v) is 3.60. The highest BCUT2D eigenvalue weighted by Gasteiger charge is 2.36. The maximum absolute atomic E-state index is 12.3. The van der Waals surface area contributed by atoms with Gasteiger partial charge in [-0.3, -0.25) is 14.4 Å². The van der Waals surface area contributed by atoms with Gasteiger partial charge in [-0.1, -0.05) is 41.6 Å². The summed E-state index contributed by atoms with van der Waals surface area (Å²) in [7, 11) is 0. The van der Waals surface area contributed by atoms with Gasteiger partial charge in [0.25, 0.3) is 0 Å². The molecule has 1 fully saturated rings. The van der Waals surface area contributed by atoms with E-state index in [2.05, 4.69) is 0 Å². The van der Waals surface area contributed by atoms with Crippen molar-refractivity contribution >= 4 is 28.8 Å². The van der Waals surface area contributed by atoms with Crippen molar-refractivity contribution in [3.8, 4) is 0 Å². The molecule has 1 aliphatic rings. The van der Waals surface area contributed by atoms with Crippen LogP contribution in [0.5, 0.6) is 0 Å². The summed E-state index contributed by atoms with van der Waals surface area (Å²) in [4.78, 5) is 36.3. The molecule has 1 N–H and O–H groups in total. The molecule has 1 aromatic carbocycles. The minimum absolute atomic E-state index is 0.0353. The number of carbonyl (C=O) groups excluding carboxylic acids is 2. The van der Waals surface area contributed by atoms with Gasteiger partial charge in [0.15, 0.2) is 5.12 Å². The number of nitrogens with zero attached hydrogens (tertiary/aromatic N) is 1. The van der Waals surface area contributed by atoms with Crippen molar-refractivity contribution < 1.29 is 19.5 Å². The average molecular weight is 335 g/mol. The molecule has 1 saturated heterocycles. The number of amides is 1. The zero-order valence-electron chi connectivity index (χ0n) is 13.3. The molecule has 0 spiro atoms. The number of benzene rings is 1. The molecule has 2 rings (SSSR count). The second kappa shape index (κ2) is 7.64. The number of carboxylic acid groups (broad SMARTS) is 1. The number of aliphatic carboxylic acids is 1. The number of hydrogen-bond donors (Lipinski definition) is 1. The molecule has 1 amide bonds. The molecule has 5 nitrogen and oxygen atoms in total. The predicted octanol–water partition coefficient (Wildman–Crippen LogP) is 2.64. The van der Waals surface area contributed by atoms with Gasteiger partial charge in [0, 0.05) is 25.6 Å². The van der Waals surface area contributed by atoms with Crippen molar-refractivity contribution in [3.05, 3.63) is 35.4 Å². The zero-order chi connectivity index (χ0) is 17.0. The van der Waals surface area contributed by atoms with Gasteiger partial charge < -0.3 is 10.0 Å². The molecule has 0 bridgehead atoms. The van der Waals surface area contributed by atoms with Gasteiger partial charge >= 0.3 is 5.97 Å². The van der Waals surface area contributed by atoms with E-state index in [1.807, 2.05) is 31.2 Å². The Kier molecular flexibility index (Phi) is 5.82. The Morgan fingerprint density at radius 1 is 1.43 bits per heavy atom. The quantitative estimate of drug-likeness (QED) is 0.865. The van der Waals surface area contributed by atoms with Gasteiger partial charge in [-0.2, -0.15) is 0 Å². The fraction of sp³-hybridized carbons (Fsp3) is 0.471. The molecule has 2 atom stereocenters. The lowest BCUT2D eigenvalue weighted by molar-refractivity contribution is -0.140. The van der Waals surface area contributed by atoms with E-state index in [0.29, 0.717) is 18.7 Å². The number of thioether (sulfide) groups is 1. The van der Waals surface area contributed by atoms with E-state index in [9.17, 15) is 19.5 Å².